The lowest BCUT2D eigenvalue weighted by Gasteiger charge is -2.49. The minimum Gasteiger partial charge on any atom is -0.368 e. The van der Waals surface area contributed by atoms with Gasteiger partial charge in [0.2, 0.25) is 5.95 Å². The largest absolute Gasteiger partial charge is 0.368 e. The predicted octanol–water partition coefficient (Wildman–Crippen LogP) is 0.856. The third-order valence-electron chi connectivity index (χ3n) is 4.43. The summed E-state index contributed by atoms with van der Waals surface area (Å²) in [6, 6.07) is 0. The molecule has 1 aliphatic carbocycles. The summed E-state index contributed by atoms with van der Waals surface area (Å²) in [4.78, 5) is 13.0. The van der Waals surface area contributed by atoms with Crippen molar-refractivity contribution in [3.8, 4) is 0 Å². The number of anilines is 2. The fourth-order valence-corrected chi connectivity index (χ4v) is 2.98. The average molecular weight is 275 g/mol. The summed E-state index contributed by atoms with van der Waals surface area (Å²) < 4.78 is 0. The van der Waals surface area contributed by atoms with Crippen LogP contribution in [0.3, 0.4) is 0 Å². The molecule has 0 aromatic carbocycles. The molecule has 0 radical (unpaired) electrons. The van der Waals surface area contributed by atoms with E-state index < -0.39 is 0 Å². The smallest absolute Gasteiger partial charge is 0.224 e. The summed E-state index contributed by atoms with van der Waals surface area (Å²) in [5.74, 6) is 1.12. The maximum absolute atomic E-state index is 5.78. The maximum Gasteiger partial charge on any atom is 0.224 e. The Morgan fingerprint density at radius 3 is 2.65 bits per heavy atom. The van der Waals surface area contributed by atoms with Crippen LogP contribution in [0.5, 0.6) is 0 Å². The molecule has 0 saturated heterocycles. The second-order valence-electron chi connectivity index (χ2n) is 5.87. The lowest BCUT2D eigenvalue weighted by atomic mass is 9.75. The first-order chi connectivity index (χ1) is 9.52. The molecular formula is C13H21N7. The van der Waals surface area contributed by atoms with E-state index in [1.54, 1.807) is 6.20 Å². The second kappa shape index (κ2) is 4.59. The average Bonchev–Trinajstić information content (AvgIpc) is 2.79. The number of nitrogen functional groups attached to an aromatic ring is 1. The van der Waals surface area contributed by atoms with Gasteiger partial charge in [0.15, 0.2) is 5.65 Å². The van der Waals surface area contributed by atoms with Gasteiger partial charge in [0, 0.05) is 19.1 Å². The number of nitrogens with two attached hydrogens (primary N) is 1. The van der Waals surface area contributed by atoms with Crippen LogP contribution in [-0.2, 0) is 0 Å². The van der Waals surface area contributed by atoms with Crippen LogP contribution in [0, 0.1) is 0 Å². The summed E-state index contributed by atoms with van der Waals surface area (Å²) in [7, 11) is 6.35. The molecule has 2 aromatic heterocycles. The van der Waals surface area contributed by atoms with Crippen molar-refractivity contribution >= 4 is 22.8 Å². The van der Waals surface area contributed by atoms with Crippen molar-refractivity contribution in [2.45, 2.75) is 24.8 Å². The molecule has 0 atom stereocenters. The highest BCUT2D eigenvalue weighted by atomic mass is 15.3. The van der Waals surface area contributed by atoms with Gasteiger partial charge in [-0.3, -0.25) is 5.10 Å². The highest BCUT2D eigenvalue weighted by Gasteiger charge is 2.40. The van der Waals surface area contributed by atoms with Gasteiger partial charge in [0.05, 0.1) is 11.6 Å². The summed E-state index contributed by atoms with van der Waals surface area (Å²) >= 11 is 0. The summed E-state index contributed by atoms with van der Waals surface area (Å²) in [5, 5.41) is 7.79. The first-order valence-corrected chi connectivity index (χ1v) is 6.87. The third kappa shape index (κ3) is 1.98. The Morgan fingerprint density at radius 2 is 2.05 bits per heavy atom. The highest BCUT2D eigenvalue weighted by Crippen LogP contribution is 2.37. The molecule has 0 spiro atoms. The van der Waals surface area contributed by atoms with Crippen LogP contribution in [0.2, 0.25) is 0 Å². The third-order valence-corrected chi connectivity index (χ3v) is 4.43. The van der Waals surface area contributed by atoms with E-state index in [2.05, 4.69) is 51.1 Å². The van der Waals surface area contributed by atoms with E-state index in [1.165, 1.54) is 19.3 Å². The van der Waals surface area contributed by atoms with Crippen molar-refractivity contribution in [1.82, 2.24) is 25.1 Å². The van der Waals surface area contributed by atoms with Crippen LogP contribution >= 0.6 is 0 Å². The van der Waals surface area contributed by atoms with Gasteiger partial charge in [0.1, 0.15) is 5.82 Å². The molecule has 7 nitrogen and oxygen atoms in total. The fourth-order valence-electron chi connectivity index (χ4n) is 2.98. The number of hydrogen-bond acceptors (Lipinski definition) is 6. The van der Waals surface area contributed by atoms with Gasteiger partial charge in [-0.2, -0.15) is 15.1 Å². The minimum atomic E-state index is 0.241. The quantitative estimate of drug-likeness (QED) is 0.860. The molecule has 3 rings (SSSR count). The number of fused-ring (bicyclic) bond motifs is 1. The number of nitrogens with zero attached hydrogens (tertiary/aromatic N) is 5. The summed E-state index contributed by atoms with van der Waals surface area (Å²) in [5.41, 5.74) is 6.71. The Hall–Kier alpha value is -1.89. The monoisotopic (exact) mass is 275 g/mol. The van der Waals surface area contributed by atoms with Gasteiger partial charge in [-0.25, -0.2) is 0 Å². The zero-order chi connectivity index (χ0) is 14.3. The highest BCUT2D eigenvalue weighted by molar-refractivity contribution is 5.87. The topological polar surface area (TPSA) is 87.0 Å². The Kier molecular flexibility index (Phi) is 3.01. The molecule has 3 N–H and O–H groups in total. The van der Waals surface area contributed by atoms with Crippen LogP contribution in [0.4, 0.5) is 11.8 Å². The van der Waals surface area contributed by atoms with Crippen molar-refractivity contribution in [2.24, 2.45) is 0 Å². The van der Waals surface area contributed by atoms with Crippen molar-refractivity contribution in [3.05, 3.63) is 6.20 Å². The van der Waals surface area contributed by atoms with Crippen molar-refractivity contribution in [3.63, 3.8) is 0 Å². The molecule has 108 valence electrons. The molecule has 0 bridgehead atoms. The van der Waals surface area contributed by atoms with E-state index in [-0.39, 0.29) is 11.5 Å². The number of rotatable bonds is 4. The van der Waals surface area contributed by atoms with Gasteiger partial charge in [0.25, 0.3) is 0 Å². The zero-order valence-corrected chi connectivity index (χ0v) is 12.2. The number of aromatic amines is 1. The van der Waals surface area contributed by atoms with Gasteiger partial charge >= 0.3 is 0 Å². The second-order valence-corrected chi connectivity index (χ2v) is 5.87. The molecule has 0 amide bonds. The van der Waals surface area contributed by atoms with E-state index in [0.717, 1.165) is 17.7 Å². The van der Waals surface area contributed by atoms with Crippen molar-refractivity contribution in [2.75, 3.05) is 38.3 Å². The maximum atomic E-state index is 5.78. The molecule has 0 unspecified atom stereocenters. The normalized spacial score (nSPS) is 17.4. The Bertz CT molecular complexity index is 614. The Labute approximate surface area is 118 Å². The fraction of sp³-hybridized carbons (Fsp3) is 0.615. The zero-order valence-electron chi connectivity index (χ0n) is 12.2. The van der Waals surface area contributed by atoms with Crippen LogP contribution in [0.1, 0.15) is 19.3 Å². The van der Waals surface area contributed by atoms with Crippen molar-refractivity contribution in [1.29, 1.82) is 0 Å². The van der Waals surface area contributed by atoms with Crippen LogP contribution in [0.25, 0.3) is 11.0 Å². The number of aromatic nitrogens is 4. The van der Waals surface area contributed by atoms with Gasteiger partial charge in [-0.1, -0.05) is 0 Å². The molecular weight excluding hydrogens is 254 g/mol. The standard InChI is InChI=1S/C13H21N7/c1-19(2)13(5-4-6-13)8-20(3)11-9-7-15-18-10(9)16-12(14)17-11/h7H,4-6,8H2,1-3H3,(H3,14,15,16,17,18). The van der Waals surface area contributed by atoms with Gasteiger partial charge < -0.3 is 15.5 Å². The van der Waals surface area contributed by atoms with Crippen LogP contribution in [-0.4, -0.2) is 58.3 Å². The number of H-pyrrole nitrogens is 1. The SMILES string of the molecule is CN(CC1(N(C)C)CCC1)c1nc(N)nc2[nH]ncc12. The summed E-state index contributed by atoms with van der Waals surface area (Å²) in [6.45, 7) is 0.927. The lowest BCUT2D eigenvalue weighted by molar-refractivity contribution is 0.0682. The molecule has 7 heteroatoms. The molecule has 2 aromatic rings. The van der Waals surface area contributed by atoms with Crippen molar-refractivity contribution < 1.29 is 0 Å². The number of hydrogen-bond donors (Lipinski definition) is 2. The van der Waals surface area contributed by atoms with Gasteiger partial charge in [-0.15, -0.1) is 0 Å². The number of nitrogens with one attached hydrogen (secondary N) is 1. The van der Waals surface area contributed by atoms with E-state index in [9.17, 15) is 0 Å². The lowest BCUT2D eigenvalue weighted by Crippen LogP contribution is -2.56. The van der Waals surface area contributed by atoms with Crippen LogP contribution in [0.15, 0.2) is 6.20 Å². The first kappa shape index (κ1) is 13.1. The molecule has 2 heterocycles. The Morgan fingerprint density at radius 1 is 1.30 bits per heavy atom. The summed E-state index contributed by atoms with van der Waals surface area (Å²) in [6.07, 6.45) is 5.49. The van der Waals surface area contributed by atoms with E-state index in [4.69, 9.17) is 5.73 Å². The van der Waals surface area contributed by atoms with Gasteiger partial charge in [-0.05, 0) is 33.4 Å². The van der Waals surface area contributed by atoms with E-state index in [0.29, 0.717) is 5.65 Å². The van der Waals surface area contributed by atoms with E-state index >= 15 is 0 Å². The Balaban J connectivity index is 1.92. The van der Waals surface area contributed by atoms with Crippen LogP contribution < -0.4 is 10.6 Å². The first-order valence-electron chi connectivity index (χ1n) is 6.87. The predicted molar refractivity (Wildman–Crippen MR) is 79.6 cm³/mol. The molecule has 20 heavy (non-hydrogen) atoms. The molecule has 1 fully saturated rings. The molecule has 1 saturated carbocycles. The van der Waals surface area contributed by atoms with E-state index in [1.807, 2.05) is 0 Å². The molecule has 0 aliphatic heterocycles. The minimum absolute atomic E-state index is 0.241. The number of likely N-dealkylation sites (N-methyl/N-ethyl adjacent to an activating group) is 2. The molecule has 1 aliphatic rings.